The molecule has 2 fully saturated rings. The predicted octanol–water partition coefficient (Wildman–Crippen LogP) is 1.94. The number of hydrogen-bond donors (Lipinski definition) is 1. The van der Waals surface area contributed by atoms with Crippen LogP contribution >= 0.6 is 0 Å². The Bertz CT molecular complexity index is 1430. The maximum atomic E-state index is 13.3. The fourth-order valence-electron chi connectivity index (χ4n) is 5.29. The molecule has 40 heavy (non-hydrogen) atoms. The molecule has 2 aromatic carbocycles. The Hall–Kier alpha value is -4.56. The Kier molecular flexibility index (Phi) is 8.17. The molecule has 2 aliphatic heterocycles. The van der Waals surface area contributed by atoms with Crippen LogP contribution in [-0.4, -0.2) is 92.3 Å². The average molecular weight is 544 g/mol. The van der Waals surface area contributed by atoms with Gasteiger partial charge in [0.15, 0.2) is 0 Å². The predicted molar refractivity (Wildman–Crippen MR) is 151 cm³/mol. The minimum absolute atomic E-state index is 0.152. The number of H-pyrrole nitrogens is 1. The molecule has 2 aliphatic rings. The lowest BCUT2D eigenvalue weighted by Gasteiger charge is -2.37. The molecule has 0 aliphatic carbocycles. The summed E-state index contributed by atoms with van der Waals surface area (Å²) < 4.78 is 10.8. The number of para-hydroxylation sites is 1. The number of piperazine rings is 2. The van der Waals surface area contributed by atoms with E-state index in [1.165, 1.54) is 14.2 Å². The molecule has 11 heteroatoms. The van der Waals surface area contributed by atoms with E-state index in [1.54, 1.807) is 29.2 Å². The molecule has 2 saturated heterocycles. The van der Waals surface area contributed by atoms with Crippen molar-refractivity contribution in [2.24, 2.45) is 0 Å². The molecule has 0 radical (unpaired) electrons. The molecule has 3 heterocycles. The van der Waals surface area contributed by atoms with Crippen molar-refractivity contribution in [3.05, 3.63) is 75.7 Å². The van der Waals surface area contributed by atoms with E-state index >= 15 is 0 Å². The van der Waals surface area contributed by atoms with Crippen molar-refractivity contribution < 1.29 is 14.3 Å². The fourth-order valence-corrected chi connectivity index (χ4v) is 5.29. The van der Waals surface area contributed by atoms with Crippen molar-refractivity contribution in [3.8, 4) is 17.6 Å². The molecule has 1 aromatic heterocycles. The topological polar surface area (TPSA) is 118 Å². The van der Waals surface area contributed by atoms with E-state index in [9.17, 15) is 14.9 Å². The molecule has 1 amide bonds. The number of anilines is 2. The standard InChI is InChI=1S/C29H33N7O4/c1-39-24-8-5-9-25(40-2)27(24)28(38)35-14-16-36(17-15-35)29-31-22(18-26(37)32-29)20-33-10-12-34(13-11-33)23-7-4-3-6-21(23)19-30/h3-9,18H,10-17,20H2,1-2H3,(H,31,32,37). The zero-order chi connectivity index (χ0) is 28.1. The van der Waals surface area contributed by atoms with Gasteiger partial charge in [-0.3, -0.25) is 19.5 Å². The third-order valence-corrected chi connectivity index (χ3v) is 7.41. The smallest absolute Gasteiger partial charge is 0.261 e. The van der Waals surface area contributed by atoms with Crippen LogP contribution in [0.15, 0.2) is 53.3 Å². The zero-order valence-electron chi connectivity index (χ0n) is 22.8. The highest BCUT2D eigenvalue weighted by Crippen LogP contribution is 2.30. The number of benzene rings is 2. The van der Waals surface area contributed by atoms with Crippen molar-refractivity contribution in [1.82, 2.24) is 19.8 Å². The minimum atomic E-state index is -0.196. The van der Waals surface area contributed by atoms with Gasteiger partial charge in [-0.25, -0.2) is 4.98 Å². The third-order valence-electron chi connectivity index (χ3n) is 7.41. The molecule has 3 aromatic rings. The maximum Gasteiger partial charge on any atom is 0.261 e. The fraction of sp³-hybridized carbons (Fsp3) is 0.379. The van der Waals surface area contributed by atoms with Gasteiger partial charge in [-0.2, -0.15) is 5.26 Å². The normalized spacial score (nSPS) is 16.0. The third kappa shape index (κ3) is 5.72. The minimum Gasteiger partial charge on any atom is -0.496 e. The SMILES string of the molecule is COc1cccc(OC)c1C(=O)N1CCN(c2nc(CN3CCN(c4ccccc4C#N)CC3)cc(=O)[nH]2)CC1. The van der Waals surface area contributed by atoms with E-state index in [0.717, 1.165) is 31.9 Å². The second-order valence-electron chi connectivity index (χ2n) is 9.77. The van der Waals surface area contributed by atoms with Crippen LogP contribution in [0.25, 0.3) is 0 Å². The summed E-state index contributed by atoms with van der Waals surface area (Å²) in [6, 6.07) is 16.8. The number of hydrogen-bond acceptors (Lipinski definition) is 9. The molecular weight excluding hydrogens is 510 g/mol. The number of aromatic nitrogens is 2. The Morgan fingerprint density at radius 1 is 0.925 bits per heavy atom. The molecule has 1 N–H and O–H groups in total. The van der Waals surface area contributed by atoms with Crippen molar-refractivity contribution in [3.63, 3.8) is 0 Å². The summed E-state index contributed by atoms with van der Waals surface area (Å²) in [7, 11) is 3.07. The van der Waals surface area contributed by atoms with Crippen LogP contribution in [0.2, 0.25) is 0 Å². The summed E-state index contributed by atoms with van der Waals surface area (Å²) in [6.07, 6.45) is 0. The highest BCUT2D eigenvalue weighted by molar-refractivity contribution is 5.99. The van der Waals surface area contributed by atoms with Gasteiger partial charge in [-0.05, 0) is 24.3 Å². The van der Waals surface area contributed by atoms with Crippen LogP contribution in [0.3, 0.4) is 0 Å². The molecule has 0 atom stereocenters. The van der Waals surface area contributed by atoms with Crippen LogP contribution in [0.5, 0.6) is 11.5 Å². The van der Waals surface area contributed by atoms with E-state index in [4.69, 9.17) is 14.5 Å². The first-order chi connectivity index (χ1) is 19.5. The van der Waals surface area contributed by atoms with Gasteiger partial charge in [-0.1, -0.05) is 18.2 Å². The van der Waals surface area contributed by atoms with Gasteiger partial charge in [0.25, 0.3) is 11.5 Å². The largest absolute Gasteiger partial charge is 0.496 e. The summed E-state index contributed by atoms with van der Waals surface area (Å²) in [4.78, 5) is 41.8. The number of aromatic amines is 1. The number of nitrogens with zero attached hydrogens (tertiary/aromatic N) is 6. The number of nitrogens with one attached hydrogen (secondary N) is 1. The summed E-state index contributed by atoms with van der Waals surface area (Å²) >= 11 is 0. The Morgan fingerprint density at radius 3 is 2.23 bits per heavy atom. The first kappa shape index (κ1) is 27.0. The molecule has 0 spiro atoms. The van der Waals surface area contributed by atoms with E-state index in [2.05, 4.69) is 20.9 Å². The Labute approximate surface area is 233 Å². The van der Waals surface area contributed by atoms with E-state index in [-0.39, 0.29) is 11.5 Å². The molecule has 0 unspecified atom stereocenters. The maximum absolute atomic E-state index is 13.3. The van der Waals surface area contributed by atoms with Crippen LogP contribution in [0, 0.1) is 11.3 Å². The van der Waals surface area contributed by atoms with Gasteiger partial charge in [0.1, 0.15) is 23.1 Å². The van der Waals surface area contributed by atoms with Crippen LogP contribution in [-0.2, 0) is 6.54 Å². The van der Waals surface area contributed by atoms with E-state index in [0.29, 0.717) is 67.0 Å². The first-order valence-electron chi connectivity index (χ1n) is 13.3. The lowest BCUT2D eigenvalue weighted by atomic mass is 10.1. The number of nitriles is 1. The lowest BCUT2D eigenvalue weighted by Crippen LogP contribution is -2.49. The van der Waals surface area contributed by atoms with Crippen LogP contribution < -0.4 is 24.8 Å². The van der Waals surface area contributed by atoms with Crippen molar-refractivity contribution >= 4 is 17.5 Å². The van der Waals surface area contributed by atoms with Gasteiger partial charge >= 0.3 is 0 Å². The lowest BCUT2D eigenvalue weighted by molar-refractivity contribution is 0.0739. The Morgan fingerprint density at radius 2 is 1.57 bits per heavy atom. The molecule has 208 valence electrons. The van der Waals surface area contributed by atoms with E-state index in [1.807, 2.05) is 29.2 Å². The number of methoxy groups -OCH3 is 2. The highest BCUT2D eigenvalue weighted by Gasteiger charge is 2.28. The summed E-state index contributed by atoms with van der Waals surface area (Å²) in [5.41, 5.74) is 2.56. The second kappa shape index (κ2) is 12.1. The molecule has 5 rings (SSSR count). The number of rotatable bonds is 7. The van der Waals surface area contributed by atoms with Crippen molar-refractivity contribution in [2.45, 2.75) is 6.54 Å². The van der Waals surface area contributed by atoms with Crippen molar-refractivity contribution in [2.75, 3.05) is 76.4 Å². The van der Waals surface area contributed by atoms with Gasteiger partial charge in [0.05, 0.1) is 31.2 Å². The van der Waals surface area contributed by atoms with Gasteiger partial charge in [0, 0.05) is 65.0 Å². The van der Waals surface area contributed by atoms with Gasteiger partial charge < -0.3 is 24.2 Å². The van der Waals surface area contributed by atoms with Crippen molar-refractivity contribution in [1.29, 1.82) is 5.26 Å². The summed E-state index contributed by atoms with van der Waals surface area (Å²) in [5.74, 6) is 1.31. The quantitative estimate of drug-likeness (QED) is 0.477. The Balaban J connectivity index is 1.20. The number of carbonyl (C=O) groups excluding carboxylic acids is 1. The van der Waals surface area contributed by atoms with Crippen LogP contribution in [0.1, 0.15) is 21.6 Å². The van der Waals surface area contributed by atoms with E-state index < -0.39 is 0 Å². The monoisotopic (exact) mass is 543 g/mol. The molecule has 0 saturated carbocycles. The molecular formula is C29H33N7O4. The summed E-state index contributed by atoms with van der Waals surface area (Å²) in [5, 5.41) is 9.43. The molecule has 11 nitrogen and oxygen atoms in total. The molecule has 0 bridgehead atoms. The van der Waals surface area contributed by atoms with Gasteiger partial charge in [-0.15, -0.1) is 0 Å². The average Bonchev–Trinajstić information content (AvgIpc) is 3.00. The first-order valence-corrected chi connectivity index (χ1v) is 13.3. The number of amides is 1. The number of carbonyl (C=O) groups is 1. The van der Waals surface area contributed by atoms with Crippen LogP contribution in [0.4, 0.5) is 11.6 Å². The highest BCUT2D eigenvalue weighted by atomic mass is 16.5. The number of ether oxygens (including phenoxy) is 2. The second-order valence-corrected chi connectivity index (χ2v) is 9.77. The zero-order valence-corrected chi connectivity index (χ0v) is 22.8. The summed E-state index contributed by atoms with van der Waals surface area (Å²) in [6.45, 7) is 5.77. The van der Waals surface area contributed by atoms with Gasteiger partial charge in [0.2, 0.25) is 5.95 Å².